The van der Waals surface area contributed by atoms with Crippen molar-refractivity contribution in [3.8, 4) is 28.4 Å². The SMILES string of the molecule is CCC(=O)Oc1cccc(-c2cccc(C(C(N)=O)c3ccc(O)c(OC)c3)c2)c1. The zero-order chi connectivity index (χ0) is 21.7. The Hall–Kier alpha value is -3.80. The van der Waals surface area contributed by atoms with Crippen LogP contribution < -0.4 is 15.2 Å². The first kappa shape index (κ1) is 20.9. The number of hydrogen-bond donors (Lipinski definition) is 2. The molecule has 0 fully saturated rings. The lowest BCUT2D eigenvalue weighted by Gasteiger charge is -2.17. The van der Waals surface area contributed by atoms with E-state index in [0.29, 0.717) is 16.9 Å². The van der Waals surface area contributed by atoms with E-state index in [1.165, 1.54) is 13.2 Å². The Morgan fingerprint density at radius 1 is 0.967 bits per heavy atom. The molecule has 0 bridgehead atoms. The highest BCUT2D eigenvalue weighted by Crippen LogP contribution is 2.34. The van der Waals surface area contributed by atoms with Crippen molar-refractivity contribution in [2.75, 3.05) is 7.11 Å². The van der Waals surface area contributed by atoms with Gasteiger partial charge in [-0.2, -0.15) is 0 Å². The molecular weight excluding hydrogens is 382 g/mol. The van der Waals surface area contributed by atoms with Gasteiger partial charge in [-0.25, -0.2) is 0 Å². The minimum atomic E-state index is -0.722. The van der Waals surface area contributed by atoms with Crippen LogP contribution in [0.2, 0.25) is 0 Å². The summed E-state index contributed by atoms with van der Waals surface area (Å²) < 4.78 is 10.5. The summed E-state index contributed by atoms with van der Waals surface area (Å²) >= 11 is 0. The number of carbonyl (C=O) groups excluding carboxylic acids is 2. The van der Waals surface area contributed by atoms with Crippen molar-refractivity contribution in [1.82, 2.24) is 0 Å². The normalized spacial score (nSPS) is 11.5. The van der Waals surface area contributed by atoms with Gasteiger partial charge in [0.2, 0.25) is 5.91 Å². The van der Waals surface area contributed by atoms with Crippen LogP contribution in [-0.2, 0) is 9.59 Å². The number of amides is 1. The minimum Gasteiger partial charge on any atom is -0.504 e. The number of esters is 1. The number of primary amides is 1. The fourth-order valence-corrected chi connectivity index (χ4v) is 3.24. The van der Waals surface area contributed by atoms with Crippen molar-refractivity contribution in [1.29, 1.82) is 0 Å². The van der Waals surface area contributed by atoms with E-state index in [0.717, 1.165) is 11.1 Å². The summed E-state index contributed by atoms with van der Waals surface area (Å²) in [4.78, 5) is 23.9. The van der Waals surface area contributed by atoms with Gasteiger partial charge in [0.1, 0.15) is 5.75 Å². The average molecular weight is 405 g/mol. The molecule has 0 heterocycles. The van der Waals surface area contributed by atoms with Crippen LogP contribution in [0, 0.1) is 0 Å². The molecule has 0 spiro atoms. The Kier molecular flexibility index (Phi) is 6.37. The molecule has 6 heteroatoms. The van der Waals surface area contributed by atoms with E-state index in [1.54, 1.807) is 37.3 Å². The van der Waals surface area contributed by atoms with Crippen LogP contribution >= 0.6 is 0 Å². The number of hydrogen-bond acceptors (Lipinski definition) is 5. The molecule has 3 rings (SSSR count). The quantitative estimate of drug-likeness (QED) is 0.457. The highest BCUT2D eigenvalue weighted by molar-refractivity contribution is 5.86. The third-order valence-electron chi connectivity index (χ3n) is 4.73. The molecule has 30 heavy (non-hydrogen) atoms. The number of ether oxygens (including phenoxy) is 2. The Bertz CT molecular complexity index is 1080. The van der Waals surface area contributed by atoms with E-state index in [4.69, 9.17) is 15.2 Å². The number of aromatic hydroxyl groups is 1. The lowest BCUT2D eigenvalue weighted by Crippen LogP contribution is -2.22. The molecule has 0 aliphatic rings. The van der Waals surface area contributed by atoms with Gasteiger partial charge < -0.3 is 20.3 Å². The molecular formula is C24H23NO5. The first-order valence-corrected chi connectivity index (χ1v) is 9.50. The van der Waals surface area contributed by atoms with Crippen LogP contribution in [0.25, 0.3) is 11.1 Å². The fourth-order valence-electron chi connectivity index (χ4n) is 3.24. The third kappa shape index (κ3) is 4.60. The van der Waals surface area contributed by atoms with Crippen LogP contribution in [0.1, 0.15) is 30.4 Å². The largest absolute Gasteiger partial charge is 0.504 e. The highest BCUT2D eigenvalue weighted by atomic mass is 16.5. The Morgan fingerprint density at radius 3 is 2.30 bits per heavy atom. The molecule has 0 aliphatic carbocycles. The number of benzene rings is 3. The fraction of sp³-hybridized carbons (Fsp3) is 0.167. The molecule has 6 nitrogen and oxygen atoms in total. The van der Waals surface area contributed by atoms with Crippen molar-refractivity contribution in [3.63, 3.8) is 0 Å². The van der Waals surface area contributed by atoms with Crippen molar-refractivity contribution < 1.29 is 24.2 Å². The van der Waals surface area contributed by atoms with E-state index in [9.17, 15) is 14.7 Å². The number of phenolic OH excluding ortho intramolecular Hbond substituents is 1. The molecule has 3 aromatic carbocycles. The van der Waals surface area contributed by atoms with E-state index in [2.05, 4.69) is 0 Å². The maximum Gasteiger partial charge on any atom is 0.310 e. The molecule has 1 amide bonds. The number of phenols is 1. The standard InChI is InChI=1S/C24H23NO5/c1-3-22(27)30-19-9-5-7-16(13-19)15-6-4-8-17(12-15)23(24(25)28)18-10-11-20(26)21(14-18)29-2/h4-14,23,26H,3H2,1-2H3,(H2,25,28). The van der Waals surface area contributed by atoms with Gasteiger partial charge in [-0.1, -0.05) is 49.4 Å². The van der Waals surface area contributed by atoms with E-state index < -0.39 is 11.8 Å². The molecule has 154 valence electrons. The molecule has 0 aliphatic heterocycles. The summed E-state index contributed by atoms with van der Waals surface area (Å²) in [6, 6.07) is 19.3. The molecule has 1 atom stereocenters. The van der Waals surface area contributed by atoms with Gasteiger partial charge in [0, 0.05) is 6.42 Å². The molecule has 1 unspecified atom stereocenters. The maximum atomic E-state index is 12.3. The first-order valence-electron chi connectivity index (χ1n) is 9.50. The summed E-state index contributed by atoms with van der Waals surface area (Å²) in [7, 11) is 1.44. The van der Waals surface area contributed by atoms with Crippen molar-refractivity contribution in [3.05, 3.63) is 77.9 Å². The summed E-state index contributed by atoms with van der Waals surface area (Å²) in [5.74, 6) is -0.849. The van der Waals surface area contributed by atoms with Crippen LogP contribution in [0.3, 0.4) is 0 Å². The number of methoxy groups -OCH3 is 1. The van der Waals surface area contributed by atoms with Gasteiger partial charge in [0.25, 0.3) is 0 Å². The average Bonchev–Trinajstić information content (AvgIpc) is 2.75. The summed E-state index contributed by atoms with van der Waals surface area (Å²) in [6.07, 6.45) is 0.288. The van der Waals surface area contributed by atoms with Crippen LogP contribution in [0.4, 0.5) is 0 Å². The molecule has 3 aromatic rings. The van der Waals surface area contributed by atoms with Gasteiger partial charge in [-0.3, -0.25) is 9.59 Å². The summed E-state index contributed by atoms with van der Waals surface area (Å²) in [6.45, 7) is 1.73. The first-order chi connectivity index (χ1) is 14.4. The highest BCUT2D eigenvalue weighted by Gasteiger charge is 2.22. The summed E-state index contributed by atoms with van der Waals surface area (Å²) in [5, 5.41) is 9.85. The monoisotopic (exact) mass is 405 g/mol. The summed E-state index contributed by atoms with van der Waals surface area (Å²) in [5.41, 5.74) is 8.71. The zero-order valence-corrected chi connectivity index (χ0v) is 16.8. The third-order valence-corrected chi connectivity index (χ3v) is 4.73. The predicted molar refractivity (Wildman–Crippen MR) is 114 cm³/mol. The van der Waals surface area contributed by atoms with Gasteiger partial charge in [-0.05, 0) is 46.5 Å². The number of rotatable bonds is 7. The Balaban J connectivity index is 2.00. The number of nitrogens with two attached hydrogens (primary N) is 1. The second-order valence-corrected chi connectivity index (χ2v) is 6.75. The topological polar surface area (TPSA) is 98.9 Å². The molecule has 3 N–H and O–H groups in total. The molecule has 0 aromatic heterocycles. The minimum absolute atomic E-state index is 0.0170. The lowest BCUT2D eigenvalue weighted by molar-refractivity contribution is -0.134. The van der Waals surface area contributed by atoms with Crippen LogP contribution in [0.5, 0.6) is 17.2 Å². The predicted octanol–water partition coefficient (Wildman–Crippen LogP) is 4.00. The van der Waals surface area contributed by atoms with Crippen molar-refractivity contribution >= 4 is 11.9 Å². The van der Waals surface area contributed by atoms with Gasteiger partial charge >= 0.3 is 5.97 Å². The van der Waals surface area contributed by atoms with E-state index >= 15 is 0 Å². The van der Waals surface area contributed by atoms with Crippen molar-refractivity contribution in [2.45, 2.75) is 19.3 Å². The number of carbonyl (C=O) groups is 2. The smallest absolute Gasteiger partial charge is 0.310 e. The van der Waals surface area contributed by atoms with Crippen LogP contribution in [0.15, 0.2) is 66.7 Å². The zero-order valence-electron chi connectivity index (χ0n) is 16.8. The van der Waals surface area contributed by atoms with E-state index in [-0.39, 0.29) is 23.9 Å². The molecule has 0 radical (unpaired) electrons. The van der Waals surface area contributed by atoms with Crippen LogP contribution in [-0.4, -0.2) is 24.1 Å². The lowest BCUT2D eigenvalue weighted by atomic mass is 9.88. The second kappa shape index (κ2) is 9.13. The molecule has 0 saturated heterocycles. The Morgan fingerprint density at radius 2 is 1.63 bits per heavy atom. The van der Waals surface area contributed by atoms with Gasteiger partial charge in [0.05, 0.1) is 13.0 Å². The maximum absolute atomic E-state index is 12.3. The van der Waals surface area contributed by atoms with Crippen molar-refractivity contribution in [2.24, 2.45) is 5.73 Å². The van der Waals surface area contributed by atoms with E-state index in [1.807, 2.05) is 30.3 Å². The Labute approximate surface area is 174 Å². The van der Waals surface area contributed by atoms with Gasteiger partial charge in [0.15, 0.2) is 11.5 Å². The molecule has 0 saturated carbocycles. The van der Waals surface area contributed by atoms with Gasteiger partial charge in [-0.15, -0.1) is 0 Å². The second-order valence-electron chi connectivity index (χ2n) is 6.75.